The van der Waals surface area contributed by atoms with Crippen LogP contribution in [0, 0.1) is 17.8 Å². The maximum absolute atomic E-state index is 11.5. The third-order valence-electron chi connectivity index (χ3n) is 3.86. The second-order valence-electron chi connectivity index (χ2n) is 4.56. The second-order valence-corrected chi connectivity index (χ2v) is 4.56. The lowest BCUT2D eigenvalue weighted by molar-refractivity contribution is -0.150. The first-order valence-corrected chi connectivity index (χ1v) is 5.50. The molecule has 2 saturated carbocycles. The van der Waals surface area contributed by atoms with E-state index in [1.54, 1.807) is 0 Å². The number of hydrogen-bond acceptors (Lipinski definition) is 3. The van der Waals surface area contributed by atoms with E-state index < -0.39 is 6.10 Å². The predicted molar refractivity (Wildman–Crippen MR) is 51.6 cm³/mol. The molecule has 0 amide bonds. The van der Waals surface area contributed by atoms with Crippen LogP contribution in [-0.2, 0) is 9.53 Å². The Hall–Kier alpha value is -0.570. The first-order valence-electron chi connectivity index (χ1n) is 5.50. The van der Waals surface area contributed by atoms with E-state index in [0.717, 1.165) is 12.8 Å². The van der Waals surface area contributed by atoms with Crippen molar-refractivity contribution >= 4 is 5.97 Å². The largest absolute Gasteiger partial charge is 0.469 e. The Labute approximate surface area is 84.4 Å². The van der Waals surface area contributed by atoms with E-state index in [1.165, 1.54) is 26.4 Å². The van der Waals surface area contributed by atoms with Crippen LogP contribution in [0.4, 0.5) is 0 Å². The minimum atomic E-state index is -0.462. The molecule has 3 heteroatoms. The molecule has 2 rings (SSSR count). The quantitative estimate of drug-likeness (QED) is 0.647. The van der Waals surface area contributed by atoms with Crippen molar-refractivity contribution in [2.45, 2.75) is 38.2 Å². The third-order valence-corrected chi connectivity index (χ3v) is 3.86. The van der Waals surface area contributed by atoms with E-state index >= 15 is 0 Å². The molecule has 0 unspecified atom stereocenters. The zero-order valence-electron chi connectivity index (χ0n) is 8.61. The monoisotopic (exact) mass is 198 g/mol. The number of carbonyl (C=O) groups excluding carboxylic acids is 1. The molecule has 0 aliphatic heterocycles. The molecule has 0 aromatic rings. The molecule has 0 aromatic heterocycles. The van der Waals surface area contributed by atoms with Crippen LogP contribution in [-0.4, -0.2) is 24.3 Å². The highest BCUT2D eigenvalue weighted by molar-refractivity contribution is 5.73. The molecular formula is C11H18O3. The molecule has 0 bridgehead atoms. The van der Waals surface area contributed by atoms with E-state index in [1.807, 2.05) is 0 Å². The maximum Gasteiger partial charge on any atom is 0.311 e. The first kappa shape index (κ1) is 9.97. The summed E-state index contributed by atoms with van der Waals surface area (Å²) in [5.41, 5.74) is 0. The highest BCUT2D eigenvalue weighted by Crippen LogP contribution is 2.46. The van der Waals surface area contributed by atoms with Crippen molar-refractivity contribution in [1.82, 2.24) is 0 Å². The van der Waals surface area contributed by atoms with Gasteiger partial charge in [0.15, 0.2) is 0 Å². The molecule has 1 N–H and O–H groups in total. The minimum absolute atomic E-state index is 0.216. The maximum atomic E-state index is 11.5. The van der Waals surface area contributed by atoms with Gasteiger partial charge in [-0.15, -0.1) is 0 Å². The number of hydrogen-bond donors (Lipinski definition) is 1. The number of esters is 1. The van der Waals surface area contributed by atoms with Gasteiger partial charge in [-0.05, 0) is 24.7 Å². The Morgan fingerprint density at radius 1 is 1.36 bits per heavy atom. The number of carbonyl (C=O) groups is 1. The molecule has 4 atom stereocenters. The molecule has 2 aliphatic carbocycles. The number of fused-ring (bicyclic) bond motifs is 1. The van der Waals surface area contributed by atoms with E-state index in [2.05, 4.69) is 0 Å². The number of rotatable bonds is 1. The van der Waals surface area contributed by atoms with Gasteiger partial charge >= 0.3 is 5.97 Å². The van der Waals surface area contributed by atoms with Crippen molar-refractivity contribution in [1.29, 1.82) is 0 Å². The van der Waals surface area contributed by atoms with Crippen molar-refractivity contribution in [3.63, 3.8) is 0 Å². The highest BCUT2D eigenvalue weighted by atomic mass is 16.5. The van der Waals surface area contributed by atoms with Crippen LogP contribution >= 0.6 is 0 Å². The summed E-state index contributed by atoms with van der Waals surface area (Å²) in [7, 11) is 1.41. The minimum Gasteiger partial charge on any atom is -0.469 e. The number of methoxy groups -OCH3 is 1. The zero-order chi connectivity index (χ0) is 10.1. The third kappa shape index (κ3) is 1.54. The van der Waals surface area contributed by atoms with E-state index in [-0.39, 0.29) is 11.9 Å². The van der Waals surface area contributed by atoms with Gasteiger partial charge in [-0.25, -0.2) is 0 Å². The standard InChI is InChI=1S/C11H18O3/c1-14-11(13)10-8-5-3-2-4-7(8)6-9(10)12/h7-10,12H,2-6H2,1H3/t7-,8+,9-,10-/m0/s1. The fraction of sp³-hybridized carbons (Fsp3) is 0.909. The van der Waals surface area contributed by atoms with Gasteiger partial charge in [0.1, 0.15) is 0 Å². The van der Waals surface area contributed by atoms with Gasteiger partial charge in [-0.1, -0.05) is 19.3 Å². The average molecular weight is 198 g/mol. The van der Waals surface area contributed by atoms with E-state index in [0.29, 0.717) is 11.8 Å². The van der Waals surface area contributed by atoms with Crippen molar-refractivity contribution < 1.29 is 14.6 Å². The average Bonchev–Trinajstić information content (AvgIpc) is 2.53. The summed E-state index contributed by atoms with van der Waals surface area (Å²) in [6.07, 6.45) is 5.04. The number of aliphatic hydroxyl groups is 1. The van der Waals surface area contributed by atoms with Gasteiger partial charge in [0.05, 0.1) is 19.1 Å². The van der Waals surface area contributed by atoms with Gasteiger partial charge < -0.3 is 9.84 Å². The topological polar surface area (TPSA) is 46.5 Å². The van der Waals surface area contributed by atoms with Gasteiger partial charge in [0.25, 0.3) is 0 Å². The van der Waals surface area contributed by atoms with Crippen LogP contribution in [0.2, 0.25) is 0 Å². The van der Waals surface area contributed by atoms with Crippen molar-refractivity contribution in [3.05, 3.63) is 0 Å². The molecule has 0 heterocycles. The number of aliphatic hydroxyl groups excluding tert-OH is 1. The molecule has 0 aromatic carbocycles. The normalized spacial score (nSPS) is 41.9. The molecule has 14 heavy (non-hydrogen) atoms. The summed E-state index contributed by atoms with van der Waals surface area (Å²) in [6, 6.07) is 0. The van der Waals surface area contributed by atoms with Crippen LogP contribution < -0.4 is 0 Å². The summed E-state index contributed by atoms with van der Waals surface area (Å²) in [4.78, 5) is 11.5. The lowest BCUT2D eigenvalue weighted by Crippen LogP contribution is -2.30. The van der Waals surface area contributed by atoms with Crippen LogP contribution in [0.1, 0.15) is 32.1 Å². The summed E-state index contributed by atoms with van der Waals surface area (Å²) >= 11 is 0. The lowest BCUT2D eigenvalue weighted by atomic mass is 9.78. The molecular weight excluding hydrogens is 180 g/mol. The number of ether oxygens (including phenoxy) is 1. The Morgan fingerprint density at radius 3 is 2.79 bits per heavy atom. The van der Waals surface area contributed by atoms with Crippen LogP contribution in [0.3, 0.4) is 0 Å². The zero-order valence-corrected chi connectivity index (χ0v) is 8.61. The summed E-state index contributed by atoms with van der Waals surface area (Å²) in [5.74, 6) is 0.478. The Bertz CT molecular complexity index is 227. The second kappa shape index (κ2) is 3.89. The smallest absolute Gasteiger partial charge is 0.311 e. The van der Waals surface area contributed by atoms with Crippen molar-refractivity contribution in [2.24, 2.45) is 17.8 Å². The molecule has 2 aliphatic rings. The molecule has 80 valence electrons. The van der Waals surface area contributed by atoms with Crippen molar-refractivity contribution in [2.75, 3.05) is 7.11 Å². The Morgan fingerprint density at radius 2 is 2.07 bits per heavy atom. The van der Waals surface area contributed by atoms with Crippen LogP contribution in [0.15, 0.2) is 0 Å². The van der Waals surface area contributed by atoms with Gasteiger partial charge in [0, 0.05) is 0 Å². The summed E-state index contributed by atoms with van der Waals surface area (Å²) in [6.45, 7) is 0. The molecule has 3 nitrogen and oxygen atoms in total. The molecule has 0 radical (unpaired) electrons. The Balaban J connectivity index is 2.11. The summed E-state index contributed by atoms with van der Waals surface area (Å²) in [5, 5.41) is 9.82. The Kier molecular flexibility index (Phi) is 2.77. The lowest BCUT2D eigenvalue weighted by Gasteiger charge is -2.27. The predicted octanol–water partition coefficient (Wildman–Crippen LogP) is 1.35. The van der Waals surface area contributed by atoms with E-state index in [9.17, 15) is 9.90 Å². The summed E-state index contributed by atoms with van der Waals surface area (Å²) < 4.78 is 4.75. The molecule has 0 saturated heterocycles. The first-order chi connectivity index (χ1) is 6.74. The fourth-order valence-electron chi connectivity index (χ4n) is 3.21. The fourth-order valence-corrected chi connectivity index (χ4v) is 3.21. The van der Waals surface area contributed by atoms with Crippen molar-refractivity contribution in [3.8, 4) is 0 Å². The molecule has 2 fully saturated rings. The van der Waals surface area contributed by atoms with Gasteiger partial charge in [-0.3, -0.25) is 4.79 Å². The van der Waals surface area contributed by atoms with Crippen LogP contribution in [0.25, 0.3) is 0 Å². The highest BCUT2D eigenvalue weighted by Gasteiger charge is 2.47. The SMILES string of the molecule is COC(=O)[C@H]1[C@@H]2CCCC[C@H]2C[C@@H]1O. The molecule has 0 spiro atoms. The van der Waals surface area contributed by atoms with Gasteiger partial charge in [-0.2, -0.15) is 0 Å². The van der Waals surface area contributed by atoms with Gasteiger partial charge in [0.2, 0.25) is 0 Å². The van der Waals surface area contributed by atoms with Crippen LogP contribution in [0.5, 0.6) is 0 Å². The van der Waals surface area contributed by atoms with E-state index in [4.69, 9.17) is 4.74 Å².